The molecule has 8 nitrogen and oxygen atoms in total. The molecule has 2 aromatic rings. The fourth-order valence-electron chi connectivity index (χ4n) is 2.43. The van der Waals surface area contributed by atoms with Gasteiger partial charge in [0.1, 0.15) is 11.5 Å². The van der Waals surface area contributed by atoms with Crippen molar-refractivity contribution in [2.45, 2.75) is 0 Å². The SMILES string of the molecule is COc1ccc(C(=O)NN2C(=O)C(=Cc3ccc(OCC(=O)O)cc3)SC2=S)cc1. The minimum atomic E-state index is -1.07. The Morgan fingerprint density at radius 2 is 1.77 bits per heavy atom. The third kappa shape index (κ3) is 5.16. The fraction of sp³-hybridized carbons (Fsp3) is 0.100. The van der Waals surface area contributed by atoms with Crippen LogP contribution in [0.15, 0.2) is 53.4 Å². The summed E-state index contributed by atoms with van der Waals surface area (Å²) in [5.74, 6) is -0.985. The second kappa shape index (κ2) is 9.42. The number of ether oxygens (including phenoxy) is 2. The molecule has 2 aromatic carbocycles. The van der Waals surface area contributed by atoms with Gasteiger partial charge in [-0.3, -0.25) is 15.0 Å². The molecule has 0 radical (unpaired) electrons. The Labute approximate surface area is 181 Å². The highest BCUT2D eigenvalue weighted by Gasteiger charge is 2.33. The molecule has 0 bridgehead atoms. The number of carboxylic acids is 1. The number of carbonyl (C=O) groups is 3. The lowest BCUT2D eigenvalue weighted by molar-refractivity contribution is -0.139. The molecule has 154 valence electrons. The van der Waals surface area contributed by atoms with E-state index in [0.717, 1.165) is 16.8 Å². The third-order valence-electron chi connectivity index (χ3n) is 3.90. The topological polar surface area (TPSA) is 105 Å². The molecule has 0 aliphatic carbocycles. The van der Waals surface area contributed by atoms with Crippen LogP contribution in [0.3, 0.4) is 0 Å². The first-order valence-electron chi connectivity index (χ1n) is 8.55. The van der Waals surface area contributed by atoms with Crippen LogP contribution in [-0.4, -0.2) is 45.9 Å². The van der Waals surface area contributed by atoms with E-state index in [-0.39, 0.29) is 4.32 Å². The molecule has 1 aliphatic heterocycles. The van der Waals surface area contributed by atoms with Crippen LogP contribution in [0, 0.1) is 0 Å². The summed E-state index contributed by atoms with van der Waals surface area (Å²) in [6, 6.07) is 13.0. The lowest BCUT2D eigenvalue weighted by atomic mass is 10.2. The predicted molar refractivity (Wildman–Crippen MR) is 115 cm³/mol. The van der Waals surface area contributed by atoms with Gasteiger partial charge in [0, 0.05) is 5.56 Å². The standard InChI is InChI=1S/C20H16N2O6S2/c1-27-14-8-4-13(5-9-14)18(25)21-22-19(26)16(30-20(22)29)10-12-2-6-15(7-3-12)28-11-17(23)24/h2-10H,11H2,1H3,(H,21,25)(H,23,24). The van der Waals surface area contributed by atoms with Crippen LogP contribution in [0.5, 0.6) is 11.5 Å². The first kappa shape index (κ1) is 21.3. The van der Waals surface area contributed by atoms with Crippen molar-refractivity contribution in [2.24, 2.45) is 0 Å². The molecule has 30 heavy (non-hydrogen) atoms. The number of hydrazine groups is 1. The average Bonchev–Trinajstić information content (AvgIpc) is 3.00. The number of carboxylic acid groups (broad SMARTS) is 1. The van der Waals surface area contributed by atoms with Gasteiger partial charge < -0.3 is 14.6 Å². The Morgan fingerprint density at radius 1 is 1.13 bits per heavy atom. The minimum Gasteiger partial charge on any atom is -0.497 e. The van der Waals surface area contributed by atoms with E-state index in [0.29, 0.717) is 27.5 Å². The molecule has 0 aromatic heterocycles. The van der Waals surface area contributed by atoms with Crippen LogP contribution in [0.25, 0.3) is 6.08 Å². The molecule has 2 amide bonds. The highest BCUT2D eigenvalue weighted by atomic mass is 32.2. The monoisotopic (exact) mass is 444 g/mol. The Morgan fingerprint density at radius 3 is 2.37 bits per heavy atom. The lowest BCUT2D eigenvalue weighted by Gasteiger charge is -2.15. The van der Waals surface area contributed by atoms with Crippen molar-refractivity contribution in [1.29, 1.82) is 0 Å². The summed E-state index contributed by atoms with van der Waals surface area (Å²) < 4.78 is 10.3. The highest BCUT2D eigenvalue weighted by molar-refractivity contribution is 8.26. The average molecular weight is 444 g/mol. The number of thioether (sulfide) groups is 1. The molecule has 3 rings (SSSR count). The number of benzene rings is 2. The summed E-state index contributed by atoms with van der Waals surface area (Å²) in [4.78, 5) is 35.9. The molecular weight excluding hydrogens is 428 g/mol. The number of hydrogen-bond donors (Lipinski definition) is 2. The molecule has 2 N–H and O–H groups in total. The molecule has 0 spiro atoms. The highest BCUT2D eigenvalue weighted by Crippen LogP contribution is 2.31. The fourth-order valence-corrected chi connectivity index (χ4v) is 3.61. The van der Waals surface area contributed by atoms with Crippen molar-refractivity contribution in [1.82, 2.24) is 10.4 Å². The van der Waals surface area contributed by atoms with Crippen molar-refractivity contribution in [3.8, 4) is 11.5 Å². The Kier molecular flexibility index (Phi) is 6.70. The van der Waals surface area contributed by atoms with E-state index in [9.17, 15) is 14.4 Å². The van der Waals surface area contributed by atoms with E-state index in [1.165, 1.54) is 7.11 Å². The van der Waals surface area contributed by atoms with E-state index < -0.39 is 24.4 Å². The van der Waals surface area contributed by atoms with Gasteiger partial charge in [0.05, 0.1) is 12.0 Å². The maximum Gasteiger partial charge on any atom is 0.341 e. The summed E-state index contributed by atoms with van der Waals surface area (Å²) in [7, 11) is 1.53. The van der Waals surface area contributed by atoms with Gasteiger partial charge in [0.25, 0.3) is 11.8 Å². The van der Waals surface area contributed by atoms with Gasteiger partial charge in [-0.1, -0.05) is 23.9 Å². The number of amides is 2. The molecule has 10 heteroatoms. The summed E-state index contributed by atoms with van der Waals surface area (Å²) in [5, 5.41) is 9.66. The Bertz CT molecular complexity index is 1020. The summed E-state index contributed by atoms with van der Waals surface area (Å²) >= 11 is 6.28. The number of carbonyl (C=O) groups excluding carboxylic acids is 2. The van der Waals surface area contributed by atoms with E-state index in [2.05, 4.69) is 5.43 Å². The molecule has 1 heterocycles. The van der Waals surface area contributed by atoms with E-state index >= 15 is 0 Å². The number of aliphatic carboxylic acids is 1. The quantitative estimate of drug-likeness (QED) is 0.496. The molecule has 0 saturated carbocycles. The number of methoxy groups -OCH3 is 1. The van der Waals surface area contributed by atoms with E-state index in [1.807, 2.05) is 0 Å². The van der Waals surface area contributed by atoms with Crippen LogP contribution >= 0.6 is 24.0 Å². The van der Waals surface area contributed by atoms with Crippen LogP contribution in [0.1, 0.15) is 15.9 Å². The van der Waals surface area contributed by atoms with Crippen molar-refractivity contribution in [2.75, 3.05) is 13.7 Å². The van der Waals surface area contributed by atoms with E-state index in [4.69, 9.17) is 26.8 Å². The molecule has 1 aliphatic rings. The zero-order valence-corrected chi connectivity index (χ0v) is 17.3. The number of nitrogens with zero attached hydrogens (tertiary/aromatic N) is 1. The maximum atomic E-state index is 12.7. The largest absolute Gasteiger partial charge is 0.497 e. The Balaban J connectivity index is 1.67. The number of nitrogens with one attached hydrogen (secondary N) is 1. The van der Waals surface area contributed by atoms with Gasteiger partial charge in [-0.15, -0.1) is 0 Å². The van der Waals surface area contributed by atoms with Gasteiger partial charge >= 0.3 is 5.97 Å². The minimum absolute atomic E-state index is 0.203. The molecule has 1 saturated heterocycles. The van der Waals surface area contributed by atoms with E-state index in [1.54, 1.807) is 54.6 Å². The molecule has 1 fully saturated rings. The zero-order chi connectivity index (χ0) is 21.7. The maximum absolute atomic E-state index is 12.7. The van der Waals surface area contributed by atoms with Crippen LogP contribution in [0.2, 0.25) is 0 Å². The van der Waals surface area contributed by atoms with Crippen LogP contribution < -0.4 is 14.9 Å². The second-order valence-corrected chi connectivity index (χ2v) is 7.61. The van der Waals surface area contributed by atoms with Crippen LogP contribution in [0.4, 0.5) is 0 Å². The predicted octanol–water partition coefficient (Wildman–Crippen LogP) is 2.70. The van der Waals surface area contributed by atoms with Crippen LogP contribution in [-0.2, 0) is 9.59 Å². The van der Waals surface area contributed by atoms with Gasteiger partial charge in [0.15, 0.2) is 10.9 Å². The summed E-state index contributed by atoms with van der Waals surface area (Å²) in [5.41, 5.74) is 3.56. The van der Waals surface area contributed by atoms with Gasteiger partial charge in [-0.05, 0) is 60.3 Å². The summed E-state index contributed by atoms with van der Waals surface area (Å²) in [6.45, 7) is -0.439. The van der Waals surface area contributed by atoms with Crippen molar-refractivity contribution in [3.05, 3.63) is 64.6 Å². The van der Waals surface area contributed by atoms with Gasteiger partial charge in [-0.25, -0.2) is 4.79 Å². The first-order chi connectivity index (χ1) is 14.4. The molecule has 0 atom stereocenters. The lowest BCUT2D eigenvalue weighted by Crippen LogP contribution is -2.44. The molecule has 0 unspecified atom stereocenters. The van der Waals surface area contributed by atoms with Crippen molar-refractivity contribution in [3.63, 3.8) is 0 Å². The normalized spacial score (nSPS) is 14.7. The zero-order valence-electron chi connectivity index (χ0n) is 15.7. The van der Waals surface area contributed by atoms with Crippen molar-refractivity contribution >= 4 is 52.2 Å². The smallest absolute Gasteiger partial charge is 0.341 e. The Hall–Kier alpha value is -3.37. The first-order valence-corrected chi connectivity index (χ1v) is 9.77. The van der Waals surface area contributed by atoms with Crippen molar-refractivity contribution < 1.29 is 29.0 Å². The summed E-state index contributed by atoms with van der Waals surface area (Å²) in [6.07, 6.45) is 1.62. The second-order valence-electron chi connectivity index (χ2n) is 5.94. The number of rotatable bonds is 7. The number of hydrogen-bond acceptors (Lipinski definition) is 7. The van der Waals surface area contributed by atoms with Gasteiger partial charge in [0.2, 0.25) is 0 Å². The third-order valence-corrected chi connectivity index (χ3v) is 5.20. The molecular formula is C20H16N2O6S2. The van der Waals surface area contributed by atoms with Gasteiger partial charge in [-0.2, -0.15) is 5.01 Å². The number of thiocarbonyl (C=S) groups is 1.